The zero-order chi connectivity index (χ0) is 30.6. The minimum absolute atomic E-state index is 0.102. The van der Waals surface area contributed by atoms with E-state index in [0.29, 0.717) is 6.42 Å². The van der Waals surface area contributed by atoms with Crippen LogP contribution >= 0.6 is 6.89 Å². The number of carbonyl (C=O) groups excluding carboxylic acids is 2. The molecule has 0 fully saturated rings. The normalized spacial score (nSPS) is 11.5. The third-order valence-electron chi connectivity index (χ3n) is 8.07. The molecule has 0 bridgehead atoms. The molecule has 0 aliphatic carbocycles. The van der Waals surface area contributed by atoms with Gasteiger partial charge in [-0.15, -0.1) is 0 Å². The van der Waals surface area contributed by atoms with Crippen LogP contribution in [0, 0.1) is 0 Å². The van der Waals surface area contributed by atoms with Crippen LogP contribution in [-0.2, 0) is 14.3 Å². The lowest BCUT2D eigenvalue weighted by atomic mass is 10.1. The van der Waals surface area contributed by atoms with E-state index in [4.69, 9.17) is 4.74 Å². The maximum absolute atomic E-state index is 14.1. The van der Waals surface area contributed by atoms with Gasteiger partial charge in [0.1, 0.15) is 5.29 Å². The Morgan fingerprint density at radius 3 is 1.40 bits per heavy atom. The summed E-state index contributed by atoms with van der Waals surface area (Å²) in [7, 11) is 1.38. The van der Waals surface area contributed by atoms with E-state index in [0.717, 1.165) is 48.0 Å². The Kier molecular flexibility index (Phi) is 15.9. The number of allylic oxidation sites excluding steroid dienone is 2. The molecule has 3 aromatic rings. The number of unbranched alkanes of at least 4 members (excludes halogenated alkanes) is 11. The standard InChI is InChI=1S/C39H51O3P/c1-3-4-5-6-7-8-9-10-11-12-13-14-15-16-26-33-37(40)38(39(41)42-2)43(34-27-20-17-21-28-34,35-29-22-18-23-30-35)36-31-24-19-25-32-36/h10-11,17-25,27-32H,3-9,12-16,26,33H2,1-2H3/b11-10-. The summed E-state index contributed by atoms with van der Waals surface area (Å²) in [4.78, 5) is 27.7. The van der Waals surface area contributed by atoms with Gasteiger partial charge in [0.2, 0.25) is 0 Å². The smallest absolute Gasteiger partial charge is 0.342 e. The number of ether oxygens (including phenoxy) is 1. The minimum Gasteiger partial charge on any atom is -0.465 e. The average molecular weight is 599 g/mol. The van der Waals surface area contributed by atoms with Crippen LogP contribution in [0.25, 0.3) is 0 Å². The number of rotatable bonds is 20. The van der Waals surface area contributed by atoms with E-state index in [1.165, 1.54) is 58.5 Å². The molecular formula is C39H51O3P. The highest BCUT2D eigenvalue weighted by Crippen LogP contribution is 2.47. The molecule has 0 atom stereocenters. The van der Waals surface area contributed by atoms with Crippen molar-refractivity contribution in [2.24, 2.45) is 0 Å². The number of carbonyl (C=O) groups is 2. The molecule has 0 saturated carbocycles. The summed E-state index contributed by atoms with van der Waals surface area (Å²) in [6.45, 7) is -0.535. The lowest BCUT2D eigenvalue weighted by Crippen LogP contribution is -2.38. The van der Waals surface area contributed by atoms with E-state index in [2.05, 4.69) is 19.1 Å². The minimum atomic E-state index is -2.80. The second-order valence-electron chi connectivity index (χ2n) is 11.3. The number of esters is 1. The Hall–Kier alpha value is -3.16. The van der Waals surface area contributed by atoms with Crippen LogP contribution in [0.1, 0.15) is 96.8 Å². The first-order valence-electron chi connectivity index (χ1n) is 16.4. The van der Waals surface area contributed by atoms with E-state index >= 15 is 0 Å². The van der Waals surface area contributed by atoms with Crippen molar-refractivity contribution in [1.29, 1.82) is 0 Å². The molecular weight excluding hydrogens is 547 g/mol. The fraction of sp³-hybridized carbons (Fsp3) is 0.410. The van der Waals surface area contributed by atoms with Crippen molar-refractivity contribution >= 4 is 39.8 Å². The van der Waals surface area contributed by atoms with Crippen molar-refractivity contribution in [1.82, 2.24) is 0 Å². The molecule has 230 valence electrons. The number of hydrogen-bond donors (Lipinski definition) is 0. The van der Waals surface area contributed by atoms with Crippen molar-refractivity contribution in [3.63, 3.8) is 0 Å². The maximum atomic E-state index is 14.1. The summed E-state index contributed by atoms with van der Waals surface area (Å²) in [6.07, 6.45) is 20.7. The fourth-order valence-corrected chi connectivity index (χ4v) is 10.2. The van der Waals surface area contributed by atoms with Crippen LogP contribution in [0.2, 0.25) is 0 Å². The van der Waals surface area contributed by atoms with Crippen molar-refractivity contribution < 1.29 is 14.3 Å². The van der Waals surface area contributed by atoms with Gasteiger partial charge in [-0.1, -0.05) is 161 Å². The number of benzene rings is 3. The molecule has 0 amide bonds. The van der Waals surface area contributed by atoms with Gasteiger partial charge in [-0.05, 0) is 54.9 Å². The topological polar surface area (TPSA) is 43.4 Å². The van der Waals surface area contributed by atoms with Crippen LogP contribution in [0.15, 0.2) is 103 Å². The first-order valence-corrected chi connectivity index (χ1v) is 18.1. The Bertz CT molecular complexity index is 1190. The second kappa shape index (κ2) is 19.9. The molecule has 0 N–H and O–H groups in total. The third-order valence-corrected chi connectivity index (χ3v) is 12.4. The second-order valence-corrected chi connectivity index (χ2v) is 14.6. The highest BCUT2D eigenvalue weighted by Gasteiger charge is 2.36. The van der Waals surface area contributed by atoms with Crippen LogP contribution in [-0.4, -0.2) is 24.2 Å². The van der Waals surface area contributed by atoms with E-state index < -0.39 is 12.9 Å². The summed E-state index contributed by atoms with van der Waals surface area (Å²) in [6, 6.07) is 30.1. The SMILES string of the molecule is CCCCCCCC/C=C\CCCCCCCC(=O)C(C(=O)OC)=P(c1ccccc1)(c1ccccc1)c1ccccc1. The highest BCUT2D eigenvalue weighted by molar-refractivity contribution is 7.97. The molecule has 4 heteroatoms. The molecule has 3 aromatic carbocycles. The van der Waals surface area contributed by atoms with Gasteiger partial charge in [-0.2, -0.15) is 0 Å². The number of Topliss-reactive ketones (excluding diaryl/α,β-unsaturated/α-hetero) is 1. The van der Waals surface area contributed by atoms with E-state index in [1.54, 1.807) is 0 Å². The number of methoxy groups -OCH3 is 1. The summed E-state index contributed by atoms with van der Waals surface area (Å²) in [5, 5.41) is 3.22. The molecule has 0 heterocycles. The number of ketones is 1. The van der Waals surface area contributed by atoms with Crippen molar-refractivity contribution in [3.8, 4) is 0 Å². The summed E-state index contributed by atoms with van der Waals surface area (Å²) in [5.74, 6) is -0.628. The Morgan fingerprint density at radius 1 is 0.581 bits per heavy atom. The third kappa shape index (κ3) is 10.2. The Morgan fingerprint density at radius 2 is 0.977 bits per heavy atom. The fourth-order valence-electron chi connectivity index (χ4n) is 5.80. The van der Waals surface area contributed by atoms with Crippen molar-refractivity contribution in [2.45, 2.75) is 96.8 Å². The lowest BCUT2D eigenvalue weighted by Gasteiger charge is -2.31. The van der Waals surface area contributed by atoms with E-state index in [-0.39, 0.29) is 11.1 Å². The maximum Gasteiger partial charge on any atom is 0.342 e. The zero-order valence-electron chi connectivity index (χ0n) is 26.4. The lowest BCUT2D eigenvalue weighted by molar-refractivity contribution is -0.133. The van der Waals surface area contributed by atoms with Gasteiger partial charge in [0.25, 0.3) is 0 Å². The summed E-state index contributed by atoms with van der Waals surface area (Å²) >= 11 is 0. The van der Waals surface area contributed by atoms with Gasteiger partial charge >= 0.3 is 5.97 Å². The van der Waals surface area contributed by atoms with Crippen LogP contribution in [0.5, 0.6) is 0 Å². The average Bonchev–Trinajstić information content (AvgIpc) is 3.06. The first kappa shape index (κ1) is 34.3. The molecule has 0 saturated heterocycles. The molecule has 3 nitrogen and oxygen atoms in total. The van der Waals surface area contributed by atoms with Gasteiger partial charge in [0, 0.05) is 6.42 Å². The zero-order valence-corrected chi connectivity index (χ0v) is 27.3. The molecule has 0 aliphatic heterocycles. The molecule has 0 spiro atoms. The Balaban J connectivity index is 1.70. The van der Waals surface area contributed by atoms with Gasteiger partial charge in [-0.25, -0.2) is 4.79 Å². The highest BCUT2D eigenvalue weighted by atomic mass is 31.2. The van der Waals surface area contributed by atoms with Gasteiger partial charge in [0.05, 0.1) is 7.11 Å². The summed E-state index contributed by atoms with van der Waals surface area (Å²) < 4.78 is 5.36. The van der Waals surface area contributed by atoms with Crippen LogP contribution in [0.4, 0.5) is 0 Å². The van der Waals surface area contributed by atoms with Crippen molar-refractivity contribution in [3.05, 3.63) is 103 Å². The molecule has 0 aliphatic rings. The predicted molar refractivity (Wildman–Crippen MR) is 187 cm³/mol. The van der Waals surface area contributed by atoms with Gasteiger partial charge < -0.3 is 4.74 Å². The molecule has 0 radical (unpaired) electrons. The molecule has 43 heavy (non-hydrogen) atoms. The summed E-state index contributed by atoms with van der Waals surface area (Å²) in [5.41, 5.74) is 0. The first-order chi connectivity index (χ1) is 21.2. The predicted octanol–water partition coefficient (Wildman–Crippen LogP) is 8.93. The monoisotopic (exact) mass is 598 g/mol. The van der Waals surface area contributed by atoms with Crippen LogP contribution < -0.4 is 15.9 Å². The molecule has 3 rings (SSSR count). The van der Waals surface area contributed by atoms with Gasteiger partial charge in [0.15, 0.2) is 5.78 Å². The van der Waals surface area contributed by atoms with Crippen molar-refractivity contribution in [2.75, 3.05) is 7.11 Å². The van der Waals surface area contributed by atoms with Gasteiger partial charge in [-0.3, -0.25) is 4.79 Å². The molecule has 0 aromatic heterocycles. The Labute approximate surface area is 260 Å². The van der Waals surface area contributed by atoms with Crippen LogP contribution in [0.3, 0.4) is 0 Å². The number of hydrogen-bond acceptors (Lipinski definition) is 3. The molecule has 0 unspecified atom stereocenters. The largest absolute Gasteiger partial charge is 0.465 e. The quantitative estimate of drug-likeness (QED) is 0.0429. The van der Waals surface area contributed by atoms with E-state index in [1.807, 2.05) is 91.0 Å². The van der Waals surface area contributed by atoms with E-state index in [9.17, 15) is 9.59 Å².